The van der Waals surface area contributed by atoms with E-state index in [1.165, 1.54) is 33.4 Å². The lowest BCUT2D eigenvalue weighted by Crippen LogP contribution is -2.24. The number of nitrogens with one attached hydrogen (secondary N) is 1. The number of benzene rings is 2. The van der Waals surface area contributed by atoms with Gasteiger partial charge in [0.25, 0.3) is 0 Å². The average molecular weight is 281 g/mol. The number of hydrogen-bond acceptors (Lipinski definition) is 1. The highest BCUT2D eigenvalue weighted by Crippen LogP contribution is 2.24. The maximum atomic E-state index is 3.65. The molecule has 1 heteroatoms. The molecule has 0 amide bonds. The van der Waals surface area contributed by atoms with E-state index in [1.807, 2.05) is 0 Å². The monoisotopic (exact) mass is 281 g/mol. The Hall–Kier alpha value is -1.60. The summed E-state index contributed by atoms with van der Waals surface area (Å²) < 4.78 is 0. The SMILES string of the molecule is CCNC(Cc1cc(C)ccc1C)c1ccc(C)cc1C. The first-order valence-electron chi connectivity index (χ1n) is 7.88. The van der Waals surface area contributed by atoms with Gasteiger partial charge in [0.2, 0.25) is 0 Å². The molecule has 1 atom stereocenters. The smallest absolute Gasteiger partial charge is 0.0363 e. The third-order valence-electron chi connectivity index (χ3n) is 4.18. The minimum atomic E-state index is 0.385. The van der Waals surface area contributed by atoms with Gasteiger partial charge in [-0.05, 0) is 62.9 Å². The predicted octanol–water partition coefficient (Wildman–Crippen LogP) is 4.81. The van der Waals surface area contributed by atoms with Gasteiger partial charge in [-0.1, -0.05) is 54.4 Å². The third-order valence-corrected chi connectivity index (χ3v) is 4.18. The topological polar surface area (TPSA) is 12.0 Å². The van der Waals surface area contributed by atoms with Crippen molar-refractivity contribution in [2.75, 3.05) is 6.54 Å². The molecule has 0 aliphatic heterocycles. The maximum absolute atomic E-state index is 3.65. The van der Waals surface area contributed by atoms with E-state index in [9.17, 15) is 0 Å². The second-order valence-corrected chi connectivity index (χ2v) is 6.10. The van der Waals surface area contributed by atoms with Gasteiger partial charge in [-0.2, -0.15) is 0 Å². The van der Waals surface area contributed by atoms with Crippen LogP contribution in [0.3, 0.4) is 0 Å². The molecule has 0 aromatic heterocycles. The van der Waals surface area contributed by atoms with Crippen molar-refractivity contribution in [3.8, 4) is 0 Å². The zero-order valence-electron chi connectivity index (χ0n) is 14.0. The summed E-state index contributed by atoms with van der Waals surface area (Å²) in [6.07, 6.45) is 1.05. The fourth-order valence-electron chi connectivity index (χ4n) is 3.00. The van der Waals surface area contributed by atoms with E-state index in [0.717, 1.165) is 13.0 Å². The van der Waals surface area contributed by atoms with Crippen molar-refractivity contribution < 1.29 is 0 Å². The molecule has 0 bridgehead atoms. The van der Waals surface area contributed by atoms with E-state index in [2.05, 4.69) is 76.3 Å². The Kier molecular flexibility index (Phi) is 5.19. The molecule has 0 saturated carbocycles. The van der Waals surface area contributed by atoms with Crippen LogP contribution in [0.5, 0.6) is 0 Å². The predicted molar refractivity (Wildman–Crippen MR) is 92.0 cm³/mol. The summed E-state index contributed by atoms with van der Waals surface area (Å²) in [6, 6.07) is 13.9. The van der Waals surface area contributed by atoms with Crippen LogP contribution in [0.4, 0.5) is 0 Å². The van der Waals surface area contributed by atoms with Gasteiger partial charge in [-0.15, -0.1) is 0 Å². The molecule has 21 heavy (non-hydrogen) atoms. The van der Waals surface area contributed by atoms with Crippen LogP contribution in [-0.4, -0.2) is 6.54 Å². The van der Waals surface area contributed by atoms with Crippen molar-refractivity contribution in [1.82, 2.24) is 5.32 Å². The molecular formula is C20H27N. The zero-order valence-corrected chi connectivity index (χ0v) is 14.0. The maximum Gasteiger partial charge on any atom is 0.0363 e. The molecule has 1 nitrogen and oxygen atoms in total. The first kappa shape index (κ1) is 15.8. The van der Waals surface area contributed by atoms with Crippen molar-refractivity contribution in [3.63, 3.8) is 0 Å². The zero-order chi connectivity index (χ0) is 15.4. The van der Waals surface area contributed by atoms with Gasteiger partial charge in [0.15, 0.2) is 0 Å². The minimum absolute atomic E-state index is 0.385. The molecule has 1 unspecified atom stereocenters. The molecule has 0 radical (unpaired) electrons. The van der Waals surface area contributed by atoms with Crippen LogP contribution in [0, 0.1) is 27.7 Å². The Morgan fingerprint density at radius 2 is 1.52 bits per heavy atom. The number of hydrogen-bond donors (Lipinski definition) is 1. The summed E-state index contributed by atoms with van der Waals surface area (Å²) in [6.45, 7) is 11.9. The summed E-state index contributed by atoms with van der Waals surface area (Å²) in [5.41, 5.74) is 8.30. The van der Waals surface area contributed by atoms with Crippen molar-refractivity contribution in [1.29, 1.82) is 0 Å². The van der Waals surface area contributed by atoms with Gasteiger partial charge in [-0.25, -0.2) is 0 Å². The van der Waals surface area contributed by atoms with Crippen LogP contribution in [0.2, 0.25) is 0 Å². The first-order valence-corrected chi connectivity index (χ1v) is 7.88. The first-order chi connectivity index (χ1) is 10.0. The Labute approximate surface area is 129 Å². The van der Waals surface area contributed by atoms with Gasteiger partial charge in [0.05, 0.1) is 0 Å². The Morgan fingerprint density at radius 3 is 2.19 bits per heavy atom. The average Bonchev–Trinajstić information content (AvgIpc) is 2.42. The van der Waals surface area contributed by atoms with E-state index in [0.29, 0.717) is 6.04 Å². The van der Waals surface area contributed by atoms with Gasteiger partial charge < -0.3 is 5.32 Å². The molecule has 2 rings (SSSR count). The molecule has 1 N–H and O–H groups in total. The molecule has 0 aliphatic carbocycles. The van der Waals surface area contributed by atoms with E-state index < -0.39 is 0 Å². The highest BCUT2D eigenvalue weighted by molar-refractivity contribution is 5.36. The summed E-state index contributed by atoms with van der Waals surface area (Å²) in [7, 11) is 0. The summed E-state index contributed by atoms with van der Waals surface area (Å²) in [5, 5.41) is 3.65. The van der Waals surface area contributed by atoms with E-state index in [1.54, 1.807) is 0 Å². The molecular weight excluding hydrogens is 254 g/mol. The lowest BCUT2D eigenvalue weighted by atomic mass is 9.92. The third kappa shape index (κ3) is 3.95. The lowest BCUT2D eigenvalue weighted by Gasteiger charge is -2.22. The van der Waals surface area contributed by atoms with Crippen LogP contribution in [0.25, 0.3) is 0 Å². The fourth-order valence-corrected chi connectivity index (χ4v) is 3.00. The van der Waals surface area contributed by atoms with Crippen molar-refractivity contribution in [2.24, 2.45) is 0 Å². The van der Waals surface area contributed by atoms with Crippen LogP contribution >= 0.6 is 0 Å². The molecule has 2 aromatic carbocycles. The molecule has 0 saturated heterocycles. The quantitative estimate of drug-likeness (QED) is 0.829. The summed E-state index contributed by atoms with van der Waals surface area (Å²) in [4.78, 5) is 0. The molecule has 112 valence electrons. The highest BCUT2D eigenvalue weighted by atomic mass is 14.9. The van der Waals surface area contributed by atoms with Crippen LogP contribution in [0.1, 0.15) is 46.3 Å². The van der Waals surface area contributed by atoms with Gasteiger partial charge in [-0.3, -0.25) is 0 Å². The fraction of sp³-hybridized carbons (Fsp3) is 0.400. The summed E-state index contributed by atoms with van der Waals surface area (Å²) >= 11 is 0. The molecule has 0 spiro atoms. The summed E-state index contributed by atoms with van der Waals surface area (Å²) in [5.74, 6) is 0. The number of aryl methyl sites for hydroxylation is 4. The van der Waals surface area contributed by atoms with Crippen molar-refractivity contribution in [2.45, 2.75) is 47.1 Å². The Balaban J connectivity index is 2.32. The van der Waals surface area contributed by atoms with E-state index in [4.69, 9.17) is 0 Å². The number of rotatable bonds is 5. The van der Waals surface area contributed by atoms with E-state index in [-0.39, 0.29) is 0 Å². The highest BCUT2D eigenvalue weighted by Gasteiger charge is 2.14. The van der Waals surface area contributed by atoms with Crippen LogP contribution in [-0.2, 0) is 6.42 Å². The van der Waals surface area contributed by atoms with Crippen LogP contribution < -0.4 is 5.32 Å². The standard InChI is InChI=1S/C20H27N/c1-6-21-20(19-10-8-14(2)11-17(19)5)13-18-12-15(3)7-9-16(18)4/h7-12,20-21H,6,13H2,1-5H3. The molecule has 0 fully saturated rings. The normalized spacial score (nSPS) is 12.4. The number of likely N-dealkylation sites (N-methyl/N-ethyl adjacent to an activating group) is 1. The van der Waals surface area contributed by atoms with Gasteiger partial charge in [0.1, 0.15) is 0 Å². The van der Waals surface area contributed by atoms with Crippen molar-refractivity contribution >= 4 is 0 Å². The molecule has 2 aromatic rings. The second-order valence-electron chi connectivity index (χ2n) is 6.10. The Bertz CT molecular complexity index is 613. The lowest BCUT2D eigenvalue weighted by molar-refractivity contribution is 0.546. The molecule has 0 heterocycles. The Morgan fingerprint density at radius 1 is 0.857 bits per heavy atom. The van der Waals surface area contributed by atoms with E-state index >= 15 is 0 Å². The van der Waals surface area contributed by atoms with Gasteiger partial charge >= 0.3 is 0 Å². The largest absolute Gasteiger partial charge is 0.310 e. The van der Waals surface area contributed by atoms with Gasteiger partial charge in [0, 0.05) is 6.04 Å². The second kappa shape index (κ2) is 6.91. The minimum Gasteiger partial charge on any atom is -0.310 e. The van der Waals surface area contributed by atoms with Crippen LogP contribution in [0.15, 0.2) is 36.4 Å². The van der Waals surface area contributed by atoms with Crippen molar-refractivity contribution in [3.05, 3.63) is 69.8 Å². The molecule has 0 aliphatic rings.